The molecule has 1 amide bonds. The van der Waals surface area contributed by atoms with E-state index in [1.165, 1.54) is 24.4 Å². The minimum atomic E-state index is -1.08. The predicted molar refractivity (Wildman–Crippen MR) is 101 cm³/mol. The molecule has 1 aromatic heterocycles. The number of carbonyl (C=O) groups excluding carboxylic acids is 1. The smallest absolute Gasteiger partial charge is 0.412 e. The molecule has 8 nitrogen and oxygen atoms in total. The third-order valence-corrected chi connectivity index (χ3v) is 4.22. The molecule has 2 aromatic rings. The van der Waals surface area contributed by atoms with Crippen molar-refractivity contribution in [3.05, 3.63) is 47.3 Å². The fourth-order valence-corrected chi connectivity index (χ4v) is 3.07. The van der Waals surface area contributed by atoms with Crippen molar-refractivity contribution in [2.45, 2.75) is 45.4 Å². The first kappa shape index (κ1) is 19.4. The largest absolute Gasteiger partial charge is 0.444 e. The van der Waals surface area contributed by atoms with Gasteiger partial charge < -0.3 is 15.0 Å². The molecule has 1 aliphatic rings. The monoisotopic (exact) mass is 384 g/mol. The molecule has 0 fully saturated rings. The fraction of sp³-hybridized carbons (Fsp3) is 0.368. The van der Waals surface area contributed by atoms with E-state index in [4.69, 9.17) is 10.5 Å². The average molecular weight is 384 g/mol. The van der Waals surface area contributed by atoms with Gasteiger partial charge in [0.25, 0.3) is 0 Å². The number of halogens is 1. The molecular weight excluding hydrogens is 363 g/mol. The highest BCUT2D eigenvalue weighted by atomic mass is 19.1. The molecule has 3 N–H and O–H groups in total. The van der Waals surface area contributed by atoms with E-state index in [1.54, 1.807) is 32.3 Å². The van der Waals surface area contributed by atoms with E-state index >= 15 is 0 Å². The number of nitriles is 1. The lowest BCUT2D eigenvalue weighted by Crippen LogP contribution is -2.38. The van der Waals surface area contributed by atoms with Crippen molar-refractivity contribution in [1.29, 1.82) is 5.26 Å². The minimum absolute atomic E-state index is 0.111. The van der Waals surface area contributed by atoms with Gasteiger partial charge in [0.05, 0.1) is 12.7 Å². The van der Waals surface area contributed by atoms with Crippen LogP contribution < -0.4 is 11.1 Å². The molecule has 9 heteroatoms. The zero-order valence-electron chi connectivity index (χ0n) is 16.1. The Labute approximate surface area is 161 Å². The summed E-state index contributed by atoms with van der Waals surface area (Å²) in [5.41, 5.74) is 5.16. The third kappa shape index (κ3) is 3.67. The van der Waals surface area contributed by atoms with Crippen molar-refractivity contribution in [2.75, 3.05) is 5.32 Å². The number of imidazole rings is 1. The van der Waals surface area contributed by atoms with Gasteiger partial charge in [0.2, 0.25) is 0 Å². The van der Waals surface area contributed by atoms with Gasteiger partial charge in [-0.1, -0.05) is 0 Å². The standard InChI is InChI=1S/C19H21FN6O2/c1-18(2,3)28-17(27)24-11-5-6-14(20)13(7-11)19(4)10-26-12(8-21)9-23-16(26)15(22)25-19/h5-7,9H,10H2,1-4H3,(H2,22,25)(H,24,27). The molecule has 0 bridgehead atoms. The van der Waals surface area contributed by atoms with Crippen molar-refractivity contribution in [2.24, 2.45) is 10.7 Å². The Morgan fingerprint density at radius 3 is 2.82 bits per heavy atom. The highest BCUT2D eigenvalue weighted by molar-refractivity contribution is 5.95. The molecule has 1 atom stereocenters. The maximum absolute atomic E-state index is 14.7. The summed E-state index contributed by atoms with van der Waals surface area (Å²) < 4.78 is 21.5. The first-order valence-electron chi connectivity index (χ1n) is 8.64. The predicted octanol–water partition coefficient (Wildman–Crippen LogP) is 2.88. The molecular formula is C19H21FN6O2. The lowest BCUT2D eigenvalue weighted by molar-refractivity contribution is 0.0636. The Morgan fingerprint density at radius 2 is 2.18 bits per heavy atom. The second-order valence-electron chi connectivity index (χ2n) is 7.76. The number of aromatic nitrogens is 2. The molecule has 28 heavy (non-hydrogen) atoms. The van der Waals surface area contributed by atoms with Gasteiger partial charge in [-0.25, -0.2) is 14.2 Å². The molecule has 1 aliphatic heterocycles. The van der Waals surface area contributed by atoms with Crippen LogP contribution in [-0.4, -0.2) is 27.1 Å². The van der Waals surface area contributed by atoms with Gasteiger partial charge >= 0.3 is 6.09 Å². The van der Waals surface area contributed by atoms with Gasteiger partial charge in [-0.3, -0.25) is 10.3 Å². The number of aliphatic imine (C=N–C) groups is 1. The van der Waals surface area contributed by atoms with E-state index in [9.17, 15) is 14.4 Å². The van der Waals surface area contributed by atoms with E-state index in [2.05, 4.69) is 15.3 Å². The number of amidine groups is 1. The van der Waals surface area contributed by atoms with E-state index < -0.39 is 23.1 Å². The van der Waals surface area contributed by atoms with Crippen LogP contribution in [-0.2, 0) is 16.8 Å². The Kier molecular flexibility index (Phi) is 4.59. The van der Waals surface area contributed by atoms with Crippen LogP contribution in [0.2, 0.25) is 0 Å². The second-order valence-corrected chi connectivity index (χ2v) is 7.76. The number of ether oxygens (including phenoxy) is 1. The molecule has 0 saturated carbocycles. The summed E-state index contributed by atoms with van der Waals surface area (Å²) in [7, 11) is 0. The maximum Gasteiger partial charge on any atom is 0.412 e. The second kappa shape index (κ2) is 6.64. The van der Waals surface area contributed by atoms with E-state index in [0.29, 0.717) is 17.2 Å². The fourth-order valence-electron chi connectivity index (χ4n) is 3.07. The SMILES string of the molecule is CC(C)(C)OC(=O)Nc1ccc(F)c(C2(C)Cn3c(C#N)cnc3C(N)=N2)c1. The van der Waals surface area contributed by atoms with Gasteiger partial charge in [0.15, 0.2) is 11.7 Å². The van der Waals surface area contributed by atoms with E-state index in [0.717, 1.165) is 0 Å². The number of amides is 1. The number of rotatable bonds is 2. The Bertz CT molecular complexity index is 1010. The summed E-state index contributed by atoms with van der Waals surface area (Å²) in [4.78, 5) is 20.6. The molecule has 1 unspecified atom stereocenters. The molecule has 0 radical (unpaired) electrons. The molecule has 0 spiro atoms. The molecule has 2 heterocycles. The van der Waals surface area contributed by atoms with Gasteiger partial charge in [-0.05, 0) is 45.9 Å². The van der Waals surface area contributed by atoms with Gasteiger partial charge in [-0.2, -0.15) is 5.26 Å². The van der Waals surface area contributed by atoms with Crippen LogP contribution in [0.4, 0.5) is 14.9 Å². The Hall–Kier alpha value is -3.41. The van der Waals surface area contributed by atoms with Crippen molar-refractivity contribution in [3.8, 4) is 6.07 Å². The number of fused-ring (bicyclic) bond motifs is 1. The van der Waals surface area contributed by atoms with Crippen LogP contribution in [0.3, 0.4) is 0 Å². The van der Waals surface area contributed by atoms with E-state index in [1.807, 2.05) is 6.07 Å². The van der Waals surface area contributed by atoms with Crippen molar-refractivity contribution in [3.63, 3.8) is 0 Å². The molecule has 146 valence electrons. The Morgan fingerprint density at radius 1 is 1.46 bits per heavy atom. The Balaban J connectivity index is 1.96. The normalized spacial score (nSPS) is 18.6. The number of benzene rings is 1. The van der Waals surface area contributed by atoms with Crippen LogP contribution >= 0.6 is 0 Å². The molecule has 0 saturated heterocycles. The summed E-state index contributed by atoms with van der Waals surface area (Å²) in [5, 5.41) is 11.9. The van der Waals surface area contributed by atoms with Crippen LogP contribution in [0.5, 0.6) is 0 Å². The number of hydrogen-bond acceptors (Lipinski definition) is 6. The van der Waals surface area contributed by atoms with Crippen molar-refractivity contribution >= 4 is 17.6 Å². The summed E-state index contributed by atoms with van der Waals surface area (Å²) in [5.74, 6) is -0.0199. The summed E-state index contributed by atoms with van der Waals surface area (Å²) in [6.45, 7) is 7.13. The van der Waals surface area contributed by atoms with Crippen LogP contribution in [0.1, 0.15) is 44.8 Å². The zero-order chi connectivity index (χ0) is 20.7. The number of nitrogens with one attached hydrogen (secondary N) is 1. The van der Waals surface area contributed by atoms with Crippen LogP contribution in [0, 0.1) is 17.1 Å². The maximum atomic E-state index is 14.7. The first-order chi connectivity index (χ1) is 13.0. The number of anilines is 1. The molecule has 3 rings (SSSR count). The first-order valence-corrected chi connectivity index (χ1v) is 8.64. The van der Waals surface area contributed by atoms with E-state index in [-0.39, 0.29) is 17.9 Å². The number of carbonyl (C=O) groups is 1. The lowest BCUT2D eigenvalue weighted by atomic mass is 9.90. The summed E-state index contributed by atoms with van der Waals surface area (Å²) in [6.07, 6.45) is 0.755. The van der Waals surface area contributed by atoms with Crippen LogP contribution in [0.25, 0.3) is 0 Å². The van der Waals surface area contributed by atoms with Gasteiger partial charge in [0, 0.05) is 11.3 Å². The van der Waals surface area contributed by atoms with Crippen LogP contribution in [0.15, 0.2) is 29.4 Å². The topological polar surface area (TPSA) is 118 Å². The number of nitrogens with two attached hydrogens (primary N) is 1. The number of nitrogens with zero attached hydrogens (tertiary/aromatic N) is 4. The highest BCUT2D eigenvalue weighted by Gasteiger charge is 2.36. The quantitative estimate of drug-likeness (QED) is 0.825. The van der Waals surface area contributed by atoms with Gasteiger partial charge in [0.1, 0.15) is 28.7 Å². The summed E-state index contributed by atoms with van der Waals surface area (Å²) in [6, 6.07) is 6.21. The minimum Gasteiger partial charge on any atom is -0.444 e. The lowest BCUT2D eigenvalue weighted by Gasteiger charge is -2.32. The summed E-state index contributed by atoms with van der Waals surface area (Å²) >= 11 is 0. The highest BCUT2D eigenvalue weighted by Crippen LogP contribution is 2.35. The zero-order valence-corrected chi connectivity index (χ0v) is 16.1. The number of hydrogen-bond donors (Lipinski definition) is 2. The average Bonchev–Trinajstić information content (AvgIpc) is 2.97. The van der Waals surface area contributed by atoms with Crippen molar-refractivity contribution < 1.29 is 13.9 Å². The molecule has 0 aliphatic carbocycles. The van der Waals surface area contributed by atoms with Crippen molar-refractivity contribution in [1.82, 2.24) is 9.55 Å². The third-order valence-electron chi connectivity index (χ3n) is 4.22. The molecule has 1 aromatic carbocycles. The van der Waals surface area contributed by atoms with Gasteiger partial charge in [-0.15, -0.1) is 0 Å².